The molecule has 12 heavy (non-hydrogen) atoms. The highest BCUT2D eigenvalue weighted by Gasteiger charge is 2.09. The Morgan fingerprint density at radius 3 is 1.75 bits per heavy atom. The van der Waals surface area contributed by atoms with Gasteiger partial charge >= 0.3 is 0 Å². The number of nitrogens with one attached hydrogen (secondary N) is 3. The van der Waals surface area contributed by atoms with Gasteiger partial charge in [0.1, 0.15) is 19.3 Å². The van der Waals surface area contributed by atoms with Crippen LogP contribution in [-0.4, -0.2) is 19.3 Å². The lowest BCUT2D eigenvalue weighted by Gasteiger charge is -2.14. The van der Waals surface area contributed by atoms with Crippen molar-refractivity contribution in [3.8, 4) is 0 Å². The number of hydrazine groups is 3. The van der Waals surface area contributed by atoms with E-state index in [1.165, 1.54) is 0 Å². The van der Waals surface area contributed by atoms with Crippen molar-refractivity contribution in [2.45, 2.75) is 6.10 Å². The lowest BCUT2D eigenvalue weighted by molar-refractivity contribution is -0.130. The Morgan fingerprint density at radius 2 is 1.42 bits per heavy atom. The monoisotopic (exact) mass is 182 g/mol. The molecule has 0 aromatic rings. The molecule has 0 saturated heterocycles. The van der Waals surface area contributed by atoms with Crippen molar-refractivity contribution in [1.82, 2.24) is 16.8 Å². The van der Waals surface area contributed by atoms with Crippen LogP contribution in [0.2, 0.25) is 0 Å². The quantitative estimate of drug-likeness (QED) is 0.167. The minimum atomic E-state index is -0.429. The van der Waals surface area contributed by atoms with Crippen LogP contribution < -0.4 is 34.3 Å². The summed E-state index contributed by atoms with van der Waals surface area (Å²) in [5.74, 6) is 14.6. The normalized spacial score (nSPS) is 11.0. The van der Waals surface area contributed by atoms with Gasteiger partial charge in [-0.15, -0.1) is 16.8 Å². The molecule has 0 amide bonds. The first-order chi connectivity index (χ1) is 5.85. The lowest BCUT2D eigenvalue weighted by atomic mass is 10.4. The number of hydrogen-bond donors (Lipinski definition) is 6. The van der Waals surface area contributed by atoms with Crippen LogP contribution in [0.15, 0.2) is 0 Å². The van der Waals surface area contributed by atoms with Gasteiger partial charge in [0.25, 0.3) is 0 Å². The summed E-state index contributed by atoms with van der Waals surface area (Å²) in [5.41, 5.74) is 5.94. The average Bonchev–Trinajstić information content (AvgIpc) is 2.10. The van der Waals surface area contributed by atoms with E-state index in [1.807, 2.05) is 16.8 Å². The van der Waals surface area contributed by atoms with Crippen molar-refractivity contribution in [3.63, 3.8) is 0 Å². The smallest absolute Gasteiger partial charge is 0.131 e. The standard InChI is InChI=1S/C3H14N6O3/c4-7-10-1-3(12-9-6)2-11-8-5/h3,7-9H,1-2,4-6H2. The summed E-state index contributed by atoms with van der Waals surface area (Å²) in [7, 11) is 0. The molecule has 0 unspecified atom stereocenters. The Kier molecular flexibility index (Phi) is 8.47. The predicted molar refractivity (Wildman–Crippen MR) is 38.7 cm³/mol. The van der Waals surface area contributed by atoms with Gasteiger partial charge in [-0.25, -0.2) is 17.5 Å². The molecule has 0 saturated carbocycles. The maximum Gasteiger partial charge on any atom is 0.131 e. The summed E-state index contributed by atoms with van der Waals surface area (Å²) < 4.78 is 0. The van der Waals surface area contributed by atoms with Crippen molar-refractivity contribution in [2.24, 2.45) is 17.5 Å². The van der Waals surface area contributed by atoms with Crippen LogP contribution in [0.5, 0.6) is 0 Å². The van der Waals surface area contributed by atoms with Gasteiger partial charge in [-0.05, 0) is 0 Å². The third-order valence-electron chi connectivity index (χ3n) is 0.940. The second-order valence-corrected chi connectivity index (χ2v) is 1.72. The van der Waals surface area contributed by atoms with Crippen LogP contribution in [0.1, 0.15) is 0 Å². The highest BCUT2D eigenvalue weighted by Crippen LogP contribution is 1.88. The molecule has 74 valence electrons. The summed E-state index contributed by atoms with van der Waals surface area (Å²) in [6.45, 7) is 0.310. The van der Waals surface area contributed by atoms with Crippen molar-refractivity contribution in [1.29, 1.82) is 0 Å². The molecule has 0 heterocycles. The zero-order valence-electron chi connectivity index (χ0n) is 6.45. The molecule has 0 aromatic heterocycles. The summed E-state index contributed by atoms with van der Waals surface area (Å²) in [6, 6.07) is 0. The highest BCUT2D eigenvalue weighted by molar-refractivity contribution is 4.51. The lowest BCUT2D eigenvalue weighted by Crippen LogP contribution is -2.40. The highest BCUT2D eigenvalue weighted by atomic mass is 16.7. The Hall–Kier alpha value is -0.360. The van der Waals surface area contributed by atoms with E-state index in [9.17, 15) is 0 Å². The van der Waals surface area contributed by atoms with E-state index in [4.69, 9.17) is 22.4 Å². The summed E-state index contributed by atoms with van der Waals surface area (Å²) in [4.78, 5) is 13.9. The van der Waals surface area contributed by atoms with E-state index in [2.05, 4.69) is 9.68 Å². The summed E-state index contributed by atoms with van der Waals surface area (Å²) in [5, 5.41) is 0. The Balaban J connectivity index is 3.40. The molecule has 9 N–H and O–H groups in total. The largest absolute Gasteiger partial charge is 0.284 e. The minimum absolute atomic E-state index is 0.155. The number of rotatable bonds is 8. The van der Waals surface area contributed by atoms with E-state index in [1.54, 1.807) is 0 Å². The maximum atomic E-state index is 4.89. The first-order valence-electron chi connectivity index (χ1n) is 3.11. The molecular formula is C3H14N6O3. The molecule has 0 aliphatic rings. The molecule has 0 aromatic carbocycles. The third-order valence-corrected chi connectivity index (χ3v) is 0.940. The van der Waals surface area contributed by atoms with Crippen LogP contribution in [0.25, 0.3) is 0 Å². The first-order valence-corrected chi connectivity index (χ1v) is 3.11. The summed E-state index contributed by atoms with van der Waals surface area (Å²) in [6.07, 6.45) is -0.429. The molecular weight excluding hydrogens is 168 g/mol. The van der Waals surface area contributed by atoms with Crippen LogP contribution in [0.4, 0.5) is 0 Å². The zero-order chi connectivity index (χ0) is 9.23. The number of nitrogens with two attached hydrogens (primary N) is 3. The molecule has 9 heteroatoms. The van der Waals surface area contributed by atoms with Crippen LogP contribution >= 0.6 is 0 Å². The molecule has 0 aliphatic carbocycles. The van der Waals surface area contributed by atoms with Gasteiger partial charge in [-0.2, -0.15) is 0 Å². The first kappa shape index (κ1) is 11.6. The second kappa shape index (κ2) is 8.73. The molecule has 0 aliphatic heterocycles. The Morgan fingerprint density at radius 1 is 0.917 bits per heavy atom. The summed E-state index contributed by atoms with van der Waals surface area (Å²) >= 11 is 0. The van der Waals surface area contributed by atoms with E-state index in [0.717, 1.165) is 0 Å². The van der Waals surface area contributed by atoms with Gasteiger partial charge < -0.3 is 0 Å². The second-order valence-electron chi connectivity index (χ2n) is 1.72. The Labute approximate surface area is 69.3 Å². The fourth-order valence-electron chi connectivity index (χ4n) is 0.494. The van der Waals surface area contributed by atoms with Crippen molar-refractivity contribution in [3.05, 3.63) is 0 Å². The van der Waals surface area contributed by atoms with Gasteiger partial charge in [0, 0.05) is 0 Å². The van der Waals surface area contributed by atoms with Crippen LogP contribution in [-0.2, 0) is 14.5 Å². The Bertz CT molecular complexity index is 86.1. The van der Waals surface area contributed by atoms with Crippen molar-refractivity contribution < 1.29 is 14.5 Å². The fraction of sp³-hybridized carbons (Fsp3) is 1.00. The molecule has 0 atom stereocenters. The van der Waals surface area contributed by atoms with Crippen molar-refractivity contribution in [2.75, 3.05) is 13.2 Å². The molecule has 0 bridgehead atoms. The molecule has 0 radical (unpaired) electrons. The minimum Gasteiger partial charge on any atom is -0.284 e. The van der Waals surface area contributed by atoms with E-state index >= 15 is 0 Å². The topological polar surface area (TPSA) is 142 Å². The van der Waals surface area contributed by atoms with Gasteiger partial charge in [0.2, 0.25) is 0 Å². The van der Waals surface area contributed by atoms with Crippen LogP contribution in [0, 0.1) is 0 Å². The average molecular weight is 182 g/mol. The number of hydrogen-bond acceptors (Lipinski definition) is 9. The van der Waals surface area contributed by atoms with Gasteiger partial charge in [0.05, 0.1) is 0 Å². The van der Waals surface area contributed by atoms with E-state index in [-0.39, 0.29) is 13.2 Å². The van der Waals surface area contributed by atoms with E-state index < -0.39 is 6.10 Å². The molecule has 0 fully saturated rings. The van der Waals surface area contributed by atoms with Gasteiger partial charge in [-0.1, -0.05) is 0 Å². The van der Waals surface area contributed by atoms with Gasteiger partial charge in [0.15, 0.2) is 0 Å². The SMILES string of the molecule is NNOCC(CONN)ONN. The third kappa shape index (κ3) is 6.36. The predicted octanol–water partition coefficient (Wildman–Crippen LogP) is -3.46. The zero-order valence-corrected chi connectivity index (χ0v) is 6.45. The van der Waals surface area contributed by atoms with Crippen molar-refractivity contribution >= 4 is 0 Å². The molecule has 0 spiro atoms. The van der Waals surface area contributed by atoms with Gasteiger partial charge in [-0.3, -0.25) is 14.5 Å². The molecule has 9 nitrogen and oxygen atoms in total. The fourth-order valence-corrected chi connectivity index (χ4v) is 0.494. The van der Waals surface area contributed by atoms with E-state index in [0.29, 0.717) is 0 Å². The maximum absolute atomic E-state index is 4.89. The van der Waals surface area contributed by atoms with Crippen LogP contribution in [0.3, 0.4) is 0 Å². The molecule has 0 rings (SSSR count).